The lowest BCUT2D eigenvalue weighted by Crippen LogP contribution is -2.57. The molecule has 2 heterocycles. The Balaban J connectivity index is 0.00000160. The molecular weight excluding hydrogens is 423 g/mol. The van der Waals surface area contributed by atoms with E-state index in [-0.39, 0.29) is 30.7 Å². The Morgan fingerprint density at radius 3 is 2.27 bits per heavy atom. The lowest BCUT2D eigenvalue weighted by atomic mass is 9.78. The molecule has 1 fully saturated rings. The fraction of sp³-hybridized carbons (Fsp3) is 0.478. The fourth-order valence-electron chi connectivity index (χ4n) is 4.73. The Morgan fingerprint density at radius 2 is 1.60 bits per heavy atom. The molecule has 30 heavy (non-hydrogen) atoms. The normalized spacial score (nSPS) is 23.0. The number of halogens is 2. The van der Waals surface area contributed by atoms with Crippen molar-refractivity contribution in [3.63, 3.8) is 0 Å². The number of rotatable bonds is 6. The summed E-state index contributed by atoms with van der Waals surface area (Å²) in [7, 11) is 3.56. The van der Waals surface area contributed by atoms with Gasteiger partial charge in [0.1, 0.15) is 0 Å². The quantitative estimate of drug-likeness (QED) is 0.661. The zero-order valence-electron chi connectivity index (χ0n) is 17.7. The average Bonchev–Trinajstić information content (AvgIpc) is 2.78. The molecule has 0 aromatic heterocycles. The van der Waals surface area contributed by atoms with Crippen molar-refractivity contribution in [1.82, 2.24) is 9.96 Å². The summed E-state index contributed by atoms with van der Waals surface area (Å²) in [6.45, 7) is 5.14. The van der Waals surface area contributed by atoms with E-state index in [2.05, 4.69) is 59.5 Å². The van der Waals surface area contributed by atoms with Gasteiger partial charge in [-0.15, -0.1) is 24.8 Å². The van der Waals surface area contributed by atoms with Gasteiger partial charge in [0.15, 0.2) is 5.72 Å². The summed E-state index contributed by atoms with van der Waals surface area (Å²) in [4.78, 5) is 8.39. The number of fused-ring (bicyclic) bond motifs is 1. The maximum Gasteiger partial charge on any atom is 0.177 e. The van der Waals surface area contributed by atoms with Crippen molar-refractivity contribution < 1.29 is 14.3 Å². The standard InChI is InChI=1S/C23H30N2O3.2ClH/c1-26-23(21-11-7-6-10-20(21)12-13-25(23)27-2)22(19-8-4-3-5-9-19)18-24-14-16-28-17-15-24;;/h3-11,22H,12-18H2,1-2H3;2*1H. The SMILES string of the molecule is CON1CCc2ccccc2C1(OC)C(CN1CCOCC1)c1ccccc1.Cl.Cl. The number of hydroxylamine groups is 2. The largest absolute Gasteiger partial charge is 0.379 e. The zero-order chi connectivity index (χ0) is 19.4. The molecule has 2 aromatic carbocycles. The van der Waals surface area contributed by atoms with E-state index in [1.807, 2.05) is 12.2 Å². The van der Waals surface area contributed by atoms with Crippen LogP contribution in [0.3, 0.4) is 0 Å². The van der Waals surface area contributed by atoms with Gasteiger partial charge in [0.2, 0.25) is 0 Å². The van der Waals surface area contributed by atoms with Crippen molar-refractivity contribution in [2.24, 2.45) is 0 Å². The van der Waals surface area contributed by atoms with E-state index < -0.39 is 5.72 Å². The second-order valence-electron chi connectivity index (χ2n) is 7.47. The third kappa shape index (κ3) is 4.68. The maximum absolute atomic E-state index is 6.41. The van der Waals surface area contributed by atoms with Crippen LogP contribution in [-0.4, -0.2) is 63.6 Å². The molecule has 2 atom stereocenters. The summed E-state index contributed by atoms with van der Waals surface area (Å²) in [5.41, 5.74) is 3.12. The Morgan fingerprint density at radius 1 is 0.933 bits per heavy atom. The molecule has 0 radical (unpaired) electrons. The number of nitrogens with zero attached hydrogens (tertiary/aromatic N) is 2. The van der Waals surface area contributed by atoms with Gasteiger partial charge in [-0.25, -0.2) is 0 Å². The fourth-order valence-corrected chi connectivity index (χ4v) is 4.73. The van der Waals surface area contributed by atoms with Gasteiger partial charge in [-0.2, -0.15) is 5.06 Å². The lowest BCUT2D eigenvalue weighted by Gasteiger charge is -2.51. The molecule has 5 nitrogen and oxygen atoms in total. The number of methoxy groups -OCH3 is 1. The molecular formula is C23H32Cl2N2O3. The van der Waals surface area contributed by atoms with Crippen LogP contribution in [0.5, 0.6) is 0 Å². The van der Waals surface area contributed by atoms with Crippen LogP contribution in [0.2, 0.25) is 0 Å². The molecule has 4 rings (SSSR count). The van der Waals surface area contributed by atoms with E-state index in [1.165, 1.54) is 16.7 Å². The molecule has 0 amide bonds. The molecule has 0 aliphatic carbocycles. The van der Waals surface area contributed by atoms with Gasteiger partial charge in [-0.3, -0.25) is 9.74 Å². The third-order valence-corrected chi connectivity index (χ3v) is 6.11. The van der Waals surface area contributed by atoms with E-state index in [4.69, 9.17) is 14.3 Å². The predicted molar refractivity (Wildman–Crippen MR) is 123 cm³/mol. The van der Waals surface area contributed by atoms with Gasteiger partial charge in [0.05, 0.1) is 20.3 Å². The van der Waals surface area contributed by atoms with E-state index in [0.717, 1.165) is 45.8 Å². The minimum atomic E-state index is -0.677. The highest BCUT2D eigenvalue weighted by Crippen LogP contribution is 2.47. The molecule has 7 heteroatoms. The molecule has 0 spiro atoms. The molecule has 166 valence electrons. The first kappa shape index (κ1) is 25.1. The minimum Gasteiger partial charge on any atom is -0.379 e. The first-order chi connectivity index (χ1) is 13.8. The van der Waals surface area contributed by atoms with Crippen molar-refractivity contribution in [2.75, 3.05) is 53.6 Å². The van der Waals surface area contributed by atoms with Crippen molar-refractivity contribution >= 4 is 24.8 Å². The maximum atomic E-state index is 6.41. The Kier molecular flexibility index (Phi) is 9.57. The lowest BCUT2D eigenvalue weighted by molar-refractivity contribution is -0.313. The molecule has 2 aliphatic rings. The van der Waals surface area contributed by atoms with Crippen molar-refractivity contribution in [1.29, 1.82) is 0 Å². The summed E-state index contributed by atoms with van der Waals surface area (Å²) in [6.07, 6.45) is 0.953. The predicted octanol–water partition coefficient (Wildman–Crippen LogP) is 3.86. The Hall–Kier alpha value is -1.18. The van der Waals surface area contributed by atoms with Crippen LogP contribution in [0, 0.1) is 0 Å². The van der Waals surface area contributed by atoms with Crippen LogP contribution in [-0.2, 0) is 26.5 Å². The molecule has 2 aliphatic heterocycles. The number of hydrogen-bond acceptors (Lipinski definition) is 5. The van der Waals surface area contributed by atoms with Gasteiger partial charge in [0.25, 0.3) is 0 Å². The topological polar surface area (TPSA) is 34.2 Å². The number of benzene rings is 2. The molecule has 0 bridgehead atoms. The summed E-state index contributed by atoms with van der Waals surface area (Å²) in [5.74, 6) is 0.0956. The van der Waals surface area contributed by atoms with Crippen LogP contribution in [0.15, 0.2) is 54.6 Å². The minimum absolute atomic E-state index is 0. The van der Waals surface area contributed by atoms with Crippen LogP contribution in [0.1, 0.15) is 22.6 Å². The number of ether oxygens (including phenoxy) is 2. The van der Waals surface area contributed by atoms with E-state index in [9.17, 15) is 0 Å². The molecule has 2 unspecified atom stereocenters. The Bertz CT molecular complexity index is 774. The van der Waals surface area contributed by atoms with Gasteiger partial charge < -0.3 is 9.47 Å². The second-order valence-corrected chi connectivity index (χ2v) is 7.47. The van der Waals surface area contributed by atoms with Gasteiger partial charge in [0, 0.05) is 44.8 Å². The summed E-state index contributed by atoms with van der Waals surface area (Å²) in [5, 5.41) is 2.04. The van der Waals surface area contributed by atoms with Crippen LogP contribution in [0.4, 0.5) is 0 Å². The Labute approximate surface area is 192 Å². The summed E-state index contributed by atoms with van der Waals surface area (Å²) >= 11 is 0. The molecule has 1 saturated heterocycles. The highest BCUT2D eigenvalue weighted by molar-refractivity contribution is 5.85. The number of morpholine rings is 1. The van der Waals surface area contributed by atoms with Crippen molar-refractivity contribution in [2.45, 2.75) is 18.1 Å². The van der Waals surface area contributed by atoms with Gasteiger partial charge in [-0.05, 0) is 17.5 Å². The smallest absolute Gasteiger partial charge is 0.177 e. The molecule has 2 aromatic rings. The first-order valence-electron chi connectivity index (χ1n) is 10.1. The molecule has 0 N–H and O–H groups in total. The van der Waals surface area contributed by atoms with Crippen LogP contribution in [0.25, 0.3) is 0 Å². The number of hydrogen-bond donors (Lipinski definition) is 0. The van der Waals surface area contributed by atoms with Gasteiger partial charge in [-0.1, -0.05) is 54.6 Å². The van der Waals surface area contributed by atoms with Crippen LogP contribution >= 0.6 is 24.8 Å². The van der Waals surface area contributed by atoms with Crippen molar-refractivity contribution in [3.8, 4) is 0 Å². The zero-order valence-corrected chi connectivity index (χ0v) is 19.3. The monoisotopic (exact) mass is 454 g/mol. The summed E-state index contributed by atoms with van der Waals surface area (Å²) < 4.78 is 12.0. The first-order valence-corrected chi connectivity index (χ1v) is 10.1. The van der Waals surface area contributed by atoms with E-state index in [1.54, 1.807) is 7.11 Å². The third-order valence-electron chi connectivity index (χ3n) is 6.11. The van der Waals surface area contributed by atoms with Crippen molar-refractivity contribution in [3.05, 3.63) is 71.3 Å². The van der Waals surface area contributed by atoms with Crippen LogP contribution < -0.4 is 0 Å². The van der Waals surface area contributed by atoms with E-state index in [0.29, 0.717) is 0 Å². The van der Waals surface area contributed by atoms with Gasteiger partial charge >= 0.3 is 0 Å². The second kappa shape index (κ2) is 11.4. The highest BCUT2D eigenvalue weighted by Gasteiger charge is 2.51. The molecule has 0 saturated carbocycles. The van der Waals surface area contributed by atoms with E-state index >= 15 is 0 Å². The summed E-state index contributed by atoms with van der Waals surface area (Å²) in [6, 6.07) is 19.3. The highest BCUT2D eigenvalue weighted by atomic mass is 35.5. The average molecular weight is 455 g/mol.